The zero-order valence-corrected chi connectivity index (χ0v) is 17.6. The molecule has 9 heteroatoms. The molecule has 0 aromatic heterocycles. The van der Waals surface area contributed by atoms with Gasteiger partial charge in [-0.05, 0) is 42.3 Å². The second kappa shape index (κ2) is 10.4. The van der Waals surface area contributed by atoms with E-state index >= 15 is 0 Å². The lowest BCUT2D eigenvalue weighted by atomic mass is 10.1. The average molecular weight is 432 g/mol. The van der Waals surface area contributed by atoms with Crippen molar-refractivity contribution in [3.05, 3.63) is 74.8 Å². The Labute approximate surface area is 179 Å². The molecule has 1 unspecified atom stereocenters. The van der Waals surface area contributed by atoms with Crippen molar-refractivity contribution in [1.82, 2.24) is 10.2 Å². The van der Waals surface area contributed by atoms with E-state index in [-0.39, 0.29) is 18.1 Å². The van der Waals surface area contributed by atoms with Crippen LogP contribution in [0.2, 0.25) is 5.02 Å². The highest BCUT2D eigenvalue weighted by Gasteiger charge is 2.20. The van der Waals surface area contributed by atoms with E-state index in [0.29, 0.717) is 16.3 Å². The zero-order chi connectivity index (χ0) is 22.3. The maximum absolute atomic E-state index is 12.6. The molecule has 0 aliphatic carbocycles. The van der Waals surface area contributed by atoms with Gasteiger partial charge in [0.15, 0.2) is 0 Å². The number of halogens is 1. The Kier molecular flexibility index (Phi) is 7.94. The number of ether oxygens (including phenoxy) is 1. The van der Waals surface area contributed by atoms with Gasteiger partial charge >= 0.3 is 0 Å². The summed E-state index contributed by atoms with van der Waals surface area (Å²) < 4.78 is 5.08. The topological polar surface area (TPSA) is 102 Å². The van der Waals surface area contributed by atoms with E-state index < -0.39 is 16.9 Å². The first-order valence-electron chi connectivity index (χ1n) is 9.01. The van der Waals surface area contributed by atoms with Crippen LogP contribution >= 0.6 is 11.6 Å². The van der Waals surface area contributed by atoms with Crippen molar-refractivity contribution in [3.8, 4) is 5.75 Å². The molecule has 0 aliphatic heterocycles. The minimum Gasteiger partial charge on any atom is -0.497 e. The third-order valence-electron chi connectivity index (χ3n) is 4.30. The highest BCUT2D eigenvalue weighted by atomic mass is 35.5. The molecule has 1 atom stereocenters. The highest BCUT2D eigenvalue weighted by Crippen LogP contribution is 2.23. The number of non-ortho nitro benzene ring substituents is 1. The number of rotatable bonds is 8. The number of carbonyl (C=O) groups is 2. The largest absolute Gasteiger partial charge is 0.497 e. The molecule has 8 nitrogen and oxygen atoms in total. The summed E-state index contributed by atoms with van der Waals surface area (Å²) in [4.78, 5) is 36.4. The van der Waals surface area contributed by atoms with Gasteiger partial charge in [-0.15, -0.1) is 0 Å². The molecule has 0 heterocycles. The number of methoxy groups -OCH3 is 1. The van der Waals surface area contributed by atoms with Gasteiger partial charge in [-0.1, -0.05) is 23.7 Å². The lowest BCUT2D eigenvalue weighted by Crippen LogP contribution is -2.44. The van der Waals surface area contributed by atoms with E-state index in [1.807, 2.05) is 0 Å². The predicted octanol–water partition coefficient (Wildman–Crippen LogP) is 3.43. The molecule has 2 aromatic rings. The Morgan fingerprint density at radius 3 is 2.53 bits per heavy atom. The van der Waals surface area contributed by atoms with Crippen molar-refractivity contribution in [2.45, 2.75) is 19.5 Å². The number of nitro benzene ring substituents is 1. The molecule has 0 bridgehead atoms. The minimum absolute atomic E-state index is 0.0707. The number of nitro groups is 1. The summed E-state index contributed by atoms with van der Waals surface area (Å²) in [5.41, 5.74) is 1.14. The van der Waals surface area contributed by atoms with E-state index in [4.69, 9.17) is 16.3 Å². The average Bonchev–Trinajstić information content (AvgIpc) is 2.73. The van der Waals surface area contributed by atoms with E-state index in [2.05, 4.69) is 5.32 Å². The van der Waals surface area contributed by atoms with Crippen LogP contribution in [0.4, 0.5) is 5.69 Å². The maximum atomic E-state index is 12.6. The summed E-state index contributed by atoms with van der Waals surface area (Å²) in [7, 11) is 3.11. The van der Waals surface area contributed by atoms with Crippen LogP contribution in [0.1, 0.15) is 18.1 Å². The molecule has 0 fully saturated rings. The van der Waals surface area contributed by atoms with E-state index in [9.17, 15) is 19.7 Å². The summed E-state index contributed by atoms with van der Waals surface area (Å²) >= 11 is 6.08. The molecule has 0 aliphatic rings. The van der Waals surface area contributed by atoms with Gasteiger partial charge in [0, 0.05) is 36.8 Å². The number of nitrogens with one attached hydrogen (secondary N) is 1. The van der Waals surface area contributed by atoms with Crippen LogP contribution in [-0.4, -0.2) is 41.8 Å². The van der Waals surface area contributed by atoms with Gasteiger partial charge in [0.25, 0.3) is 5.69 Å². The normalized spacial score (nSPS) is 11.7. The van der Waals surface area contributed by atoms with Gasteiger partial charge < -0.3 is 15.0 Å². The number of benzene rings is 2. The van der Waals surface area contributed by atoms with Crippen LogP contribution in [-0.2, 0) is 16.1 Å². The van der Waals surface area contributed by atoms with Crippen molar-refractivity contribution in [2.24, 2.45) is 0 Å². The van der Waals surface area contributed by atoms with Crippen LogP contribution in [0.25, 0.3) is 6.08 Å². The fraction of sp³-hybridized carbons (Fsp3) is 0.238. The summed E-state index contributed by atoms with van der Waals surface area (Å²) in [6, 6.07) is 10.4. The summed E-state index contributed by atoms with van der Waals surface area (Å²) in [6.07, 6.45) is 2.96. The maximum Gasteiger partial charge on any atom is 0.269 e. The smallest absolute Gasteiger partial charge is 0.269 e. The van der Waals surface area contributed by atoms with Gasteiger partial charge in [0.1, 0.15) is 11.8 Å². The number of hydrogen-bond donors (Lipinski definition) is 1. The highest BCUT2D eigenvalue weighted by molar-refractivity contribution is 6.31. The quantitative estimate of drug-likeness (QED) is 0.392. The Bertz CT molecular complexity index is 960. The van der Waals surface area contributed by atoms with Crippen molar-refractivity contribution >= 4 is 35.2 Å². The summed E-state index contributed by atoms with van der Waals surface area (Å²) in [6.45, 7) is 1.63. The van der Waals surface area contributed by atoms with Gasteiger partial charge in [-0.2, -0.15) is 0 Å². The van der Waals surface area contributed by atoms with Crippen LogP contribution in [0.3, 0.4) is 0 Å². The second-order valence-electron chi connectivity index (χ2n) is 6.56. The molecule has 0 radical (unpaired) electrons. The SMILES string of the molecule is COc1ccc(/C=C/C(=O)NC(C)C(=O)N(C)Cc2cc([N+](=O)[O-])ccc2Cl)cc1. The molecule has 0 spiro atoms. The number of nitrogens with zero attached hydrogens (tertiary/aromatic N) is 2. The van der Waals surface area contributed by atoms with Crippen LogP contribution < -0.4 is 10.1 Å². The van der Waals surface area contributed by atoms with Crippen molar-refractivity contribution < 1.29 is 19.2 Å². The molecule has 0 saturated carbocycles. The summed E-state index contributed by atoms with van der Waals surface area (Å²) in [5.74, 6) is -0.0695. The van der Waals surface area contributed by atoms with Crippen LogP contribution in [0, 0.1) is 10.1 Å². The molecule has 0 saturated heterocycles. The van der Waals surface area contributed by atoms with E-state index in [0.717, 1.165) is 5.56 Å². The molecule has 2 rings (SSSR count). The fourth-order valence-electron chi connectivity index (χ4n) is 2.67. The Balaban J connectivity index is 1.95. The van der Waals surface area contributed by atoms with Crippen LogP contribution in [0.5, 0.6) is 5.75 Å². The lowest BCUT2D eigenvalue weighted by molar-refractivity contribution is -0.384. The predicted molar refractivity (Wildman–Crippen MR) is 114 cm³/mol. The minimum atomic E-state index is -0.791. The molecule has 2 aromatic carbocycles. The van der Waals surface area contributed by atoms with Gasteiger partial charge in [-0.3, -0.25) is 19.7 Å². The molecular weight excluding hydrogens is 410 g/mol. The molecule has 2 amide bonds. The van der Waals surface area contributed by atoms with E-state index in [1.165, 1.54) is 36.2 Å². The Morgan fingerprint density at radius 1 is 1.27 bits per heavy atom. The van der Waals surface area contributed by atoms with Crippen molar-refractivity contribution in [2.75, 3.05) is 14.2 Å². The molecule has 30 heavy (non-hydrogen) atoms. The Hall–Kier alpha value is -3.39. The monoisotopic (exact) mass is 431 g/mol. The lowest BCUT2D eigenvalue weighted by Gasteiger charge is -2.22. The molecule has 1 N–H and O–H groups in total. The van der Waals surface area contributed by atoms with Gasteiger partial charge in [0.2, 0.25) is 11.8 Å². The Morgan fingerprint density at radius 2 is 1.93 bits per heavy atom. The fourth-order valence-corrected chi connectivity index (χ4v) is 2.85. The zero-order valence-electron chi connectivity index (χ0n) is 16.8. The van der Waals surface area contributed by atoms with Gasteiger partial charge in [0.05, 0.1) is 12.0 Å². The molecule has 158 valence electrons. The number of carbonyl (C=O) groups excluding carboxylic acids is 2. The third-order valence-corrected chi connectivity index (χ3v) is 4.66. The summed E-state index contributed by atoms with van der Waals surface area (Å²) in [5, 5.41) is 13.9. The first-order valence-corrected chi connectivity index (χ1v) is 9.39. The first-order chi connectivity index (χ1) is 14.2. The van der Waals surface area contributed by atoms with Crippen molar-refractivity contribution in [3.63, 3.8) is 0 Å². The molecular formula is C21H22ClN3O5. The first kappa shape index (κ1) is 22.9. The third kappa shape index (κ3) is 6.31. The van der Waals surface area contributed by atoms with Gasteiger partial charge in [-0.25, -0.2) is 0 Å². The number of hydrogen-bond acceptors (Lipinski definition) is 5. The van der Waals surface area contributed by atoms with Crippen molar-refractivity contribution in [1.29, 1.82) is 0 Å². The van der Waals surface area contributed by atoms with Crippen LogP contribution in [0.15, 0.2) is 48.5 Å². The number of amides is 2. The standard InChI is InChI=1S/C21H22ClN3O5/c1-14(23-20(26)11-6-15-4-8-18(30-3)9-5-15)21(27)24(2)13-16-12-17(25(28)29)7-10-19(16)22/h4-12,14H,13H2,1-3H3,(H,23,26)/b11-6+. The van der Waals surface area contributed by atoms with E-state index in [1.54, 1.807) is 44.4 Å². The number of likely N-dealkylation sites (N-methyl/N-ethyl adjacent to an activating group) is 1. The second-order valence-corrected chi connectivity index (χ2v) is 6.97.